The number of urea groups is 1. The van der Waals surface area contributed by atoms with E-state index in [-0.39, 0.29) is 12.3 Å². The standard InChI is InChI=1S/C19H14BrClN2O5/c1-27-17(24)10-28-16-6-5-12(20)7-11(16)8-15-18(25)23(19(26)22-15)14-4-2-3-13(21)9-14/h2-9H,10H2,1H3,(H,22,26)/b15-8+. The normalized spacial score (nSPS) is 15.0. The molecular formula is C19H14BrClN2O5. The summed E-state index contributed by atoms with van der Waals surface area (Å²) in [7, 11) is 1.26. The molecule has 7 nitrogen and oxygen atoms in total. The molecule has 1 aliphatic rings. The Hall–Kier alpha value is -2.84. The third-order valence-electron chi connectivity index (χ3n) is 3.79. The molecule has 1 aliphatic heterocycles. The fourth-order valence-electron chi connectivity index (χ4n) is 2.50. The van der Waals surface area contributed by atoms with Crippen LogP contribution in [0.15, 0.2) is 52.6 Å². The Morgan fingerprint density at radius 2 is 2.04 bits per heavy atom. The van der Waals surface area contributed by atoms with Gasteiger partial charge < -0.3 is 14.8 Å². The summed E-state index contributed by atoms with van der Waals surface area (Å²) in [6.07, 6.45) is 1.47. The van der Waals surface area contributed by atoms with Crippen molar-refractivity contribution in [2.45, 2.75) is 0 Å². The summed E-state index contributed by atoms with van der Waals surface area (Å²) in [4.78, 5) is 37.4. The predicted octanol–water partition coefficient (Wildman–Crippen LogP) is 3.75. The van der Waals surface area contributed by atoms with Gasteiger partial charge in [-0.3, -0.25) is 4.79 Å². The number of esters is 1. The zero-order valence-corrected chi connectivity index (χ0v) is 16.9. The number of nitrogens with one attached hydrogen (secondary N) is 1. The van der Waals surface area contributed by atoms with Crippen molar-refractivity contribution in [3.8, 4) is 5.75 Å². The summed E-state index contributed by atoms with van der Waals surface area (Å²) in [6, 6.07) is 10.9. The molecule has 0 spiro atoms. The molecule has 3 amide bonds. The molecule has 0 aliphatic carbocycles. The van der Waals surface area contributed by atoms with Crippen molar-refractivity contribution in [3.63, 3.8) is 0 Å². The molecule has 1 fully saturated rings. The summed E-state index contributed by atoms with van der Waals surface area (Å²) in [6.45, 7) is -0.288. The minimum absolute atomic E-state index is 0.0611. The highest BCUT2D eigenvalue weighted by Gasteiger charge is 2.35. The van der Waals surface area contributed by atoms with Gasteiger partial charge in [-0.1, -0.05) is 33.6 Å². The van der Waals surface area contributed by atoms with Gasteiger partial charge in [-0.2, -0.15) is 0 Å². The Kier molecular flexibility index (Phi) is 6.01. The number of rotatable bonds is 5. The van der Waals surface area contributed by atoms with E-state index in [4.69, 9.17) is 16.3 Å². The summed E-state index contributed by atoms with van der Waals surface area (Å²) in [5, 5.41) is 2.94. The lowest BCUT2D eigenvalue weighted by molar-refractivity contribution is -0.142. The van der Waals surface area contributed by atoms with E-state index in [1.54, 1.807) is 36.4 Å². The quantitative estimate of drug-likeness (QED) is 0.413. The minimum Gasteiger partial charge on any atom is -0.481 e. The van der Waals surface area contributed by atoms with Crippen molar-refractivity contribution >= 4 is 57.2 Å². The van der Waals surface area contributed by atoms with E-state index in [9.17, 15) is 14.4 Å². The Balaban J connectivity index is 1.91. The van der Waals surface area contributed by atoms with Crippen molar-refractivity contribution in [1.29, 1.82) is 0 Å². The average Bonchev–Trinajstić information content (AvgIpc) is 2.94. The number of halogens is 2. The predicted molar refractivity (Wildman–Crippen MR) is 107 cm³/mol. The number of ether oxygens (including phenoxy) is 2. The first kappa shape index (κ1) is 19.9. The molecule has 0 saturated carbocycles. The maximum absolute atomic E-state index is 12.7. The van der Waals surface area contributed by atoms with Crippen LogP contribution in [0.5, 0.6) is 5.75 Å². The first-order valence-corrected chi connectivity index (χ1v) is 9.18. The SMILES string of the molecule is COC(=O)COc1ccc(Br)cc1/C=C1/NC(=O)N(c2cccc(Cl)c2)C1=O. The van der Waals surface area contributed by atoms with E-state index in [2.05, 4.69) is 26.0 Å². The van der Waals surface area contributed by atoms with Crippen LogP contribution in [0.4, 0.5) is 10.5 Å². The Morgan fingerprint density at radius 3 is 2.75 bits per heavy atom. The number of carbonyl (C=O) groups is 3. The number of methoxy groups -OCH3 is 1. The van der Waals surface area contributed by atoms with Crippen LogP contribution in [-0.2, 0) is 14.3 Å². The van der Waals surface area contributed by atoms with Crippen LogP contribution in [0.25, 0.3) is 6.08 Å². The number of amides is 3. The van der Waals surface area contributed by atoms with Gasteiger partial charge in [0.05, 0.1) is 12.8 Å². The fraction of sp³-hybridized carbons (Fsp3) is 0.105. The molecule has 0 bridgehead atoms. The van der Waals surface area contributed by atoms with Crippen LogP contribution in [0.1, 0.15) is 5.56 Å². The molecule has 2 aromatic rings. The van der Waals surface area contributed by atoms with E-state index in [0.29, 0.717) is 22.0 Å². The largest absolute Gasteiger partial charge is 0.481 e. The lowest BCUT2D eigenvalue weighted by Crippen LogP contribution is -2.30. The van der Waals surface area contributed by atoms with Crippen LogP contribution in [0, 0.1) is 0 Å². The van der Waals surface area contributed by atoms with Gasteiger partial charge in [0.1, 0.15) is 11.4 Å². The highest BCUT2D eigenvalue weighted by atomic mass is 79.9. The molecule has 1 heterocycles. The van der Waals surface area contributed by atoms with Gasteiger partial charge >= 0.3 is 12.0 Å². The maximum Gasteiger partial charge on any atom is 0.343 e. The molecular weight excluding hydrogens is 452 g/mol. The summed E-state index contributed by atoms with van der Waals surface area (Å²) in [5.41, 5.74) is 0.913. The van der Waals surface area contributed by atoms with Crippen molar-refractivity contribution in [2.75, 3.05) is 18.6 Å². The van der Waals surface area contributed by atoms with Gasteiger partial charge in [0.15, 0.2) is 6.61 Å². The van der Waals surface area contributed by atoms with Crippen LogP contribution in [0.2, 0.25) is 5.02 Å². The lowest BCUT2D eigenvalue weighted by Gasteiger charge is -2.12. The fourth-order valence-corrected chi connectivity index (χ4v) is 3.06. The molecule has 9 heteroatoms. The number of carbonyl (C=O) groups excluding carboxylic acids is 3. The molecule has 1 N–H and O–H groups in total. The summed E-state index contributed by atoms with van der Waals surface area (Å²) in [5.74, 6) is -0.727. The smallest absolute Gasteiger partial charge is 0.343 e. The highest BCUT2D eigenvalue weighted by Crippen LogP contribution is 2.28. The number of benzene rings is 2. The molecule has 3 rings (SSSR count). The van der Waals surface area contributed by atoms with Gasteiger partial charge in [0.2, 0.25) is 0 Å². The molecule has 0 radical (unpaired) electrons. The second kappa shape index (κ2) is 8.45. The highest BCUT2D eigenvalue weighted by molar-refractivity contribution is 9.10. The monoisotopic (exact) mass is 464 g/mol. The molecule has 0 unspecified atom stereocenters. The second-order valence-corrected chi connectivity index (χ2v) is 7.01. The van der Waals surface area contributed by atoms with E-state index in [0.717, 1.165) is 9.37 Å². The zero-order valence-electron chi connectivity index (χ0n) is 14.6. The third kappa shape index (κ3) is 4.35. The number of nitrogens with zero attached hydrogens (tertiary/aromatic N) is 1. The molecule has 0 atom stereocenters. The first-order chi connectivity index (χ1) is 13.4. The molecule has 0 aromatic heterocycles. The van der Waals surface area contributed by atoms with Crippen molar-refractivity contribution < 1.29 is 23.9 Å². The molecule has 1 saturated heterocycles. The van der Waals surface area contributed by atoms with Gasteiger partial charge in [-0.05, 0) is 42.5 Å². The van der Waals surface area contributed by atoms with Crippen molar-refractivity contribution in [1.82, 2.24) is 5.32 Å². The van der Waals surface area contributed by atoms with Gasteiger partial charge in [-0.15, -0.1) is 0 Å². The van der Waals surface area contributed by atoms with Crippen LogP contribution >= 0.6 is 27.5 Å². The number of imide groups is 1. The Morgan fingerprint density at radius 1 is 1.25 bits per heavy atom. The summed E-state index contributed by atoms with van der Waals surface area (Å²) >= 11 is 9.30. The van der Waals surface area contributed by atoms with Gasteiger partial charge in [0, 0.05) is 15.1 Å². The van der Waals surface area contributed by atoms with Crippen LogP contribution in [-0.4, -0.2) is 31.6 Å². The number of anilines is 1. The topological polar surface area (TPSA) is 84.9 Å². The first-order valence-electron chi connectivity index (χ1n) is 8.01. The van der Waals surface area contributed by atoms with E-state index in [1.165, 1.54) is 19.3 Å². The third-order valence-corrected chi connectivity index (χ3v) is 4.52. The van der Waals surface area contributed by atoms with Gasteiger partial charge in [0.25, 0.3) is 5.91 Å². The van der Waals surface area contributed by atoms with E-state index < -0.39 is 17.9 Å². The molecule has 28 heavy (non-hydrogen) atoms. The van der Waals surface area contributed by atoms with Crippen LogP contribution in [0.3, 0.4) is 0 Å². The average molecular weight is 466 g/mol. The van der Waals surface area contributed by atoms with Crippen molar-refractivity contribution in [3.05, 3.63) is 63.2 Å². The minimum atomic E-state index is -0.592. The zero-order chi connectivity index (χ0) is 20.3. The lowest BCUT2D eigenvalue weighted by atomic mass is 10.1. The molecule has 2 aromatic carbocycles. The Labute approximate surface area is 174 Å². The Bertz CT molecular complexity index is 992. The van der Waals surface area contributed by atoms with Crippen molar-refractivity contribution in [2.24, 2.45) is 0 Å². The number of hydrogen-bond donors (Lipinski definition) is 1. The van der Waals surface area contributed by atoms with Crippen LogP contribution < -0.4 is 15.0 Å². The summed E-state index contributed by atoms with van der Waals surface area (Å²) < 4.78 is 10.7. The van der Waals surface area contributed by atoms with E-state index >= 15 is 0 Å². The maximum atomic E-state index is 12.7. The molecule has 144 valence electrons. The van der Waals surface area contributed by atoms with Gasteiger partial charge in [-0.25, -0.2) is 14.5 Å². The number of hydrogen-bond acceptors (Lipinski definition) is 5. The van der Waals surface area contributed by atoms with E-state index in [1.807, 2.05) is 0 Å². The second-order valence-electron chi connectivity index (χ2n) is 5.66.